The van der Waals surface area contributed by atoms with Crippen LogP contribution in [-0.4, -0.2) is 18.7 Å². The second-order valence-electron chi connectivity index (χ2n) is 6.00. The fourth-order valence-corrected chi connectivity index (χ4v) is 2.52. The van der Waals surface area contributed by atoms with Gasteiger partial charge in [-0.2, -0.15) is 5.10 Å². The molecule has 0 fully saturated rings. The average molecular weight is 336 g/mol. The number of carbonyl (C=O) groups is 1. The van der Waals surface area contributed by atoms with Gasteiger partial charge in [0.05, 0.1) is 6.21 Å². The number of hydrazone groups is 1. The van der Waals surface area contributed by atoms with E-state index in [4.69, 9.17) is 4.74 Å². The Kier molecular flexibility index (Phi) is 6.12. The molecule has 0 radical (unpaired) electrons. The van der Waals surface area contributed by atoms with Crippen LogP contribution in [-0.2, 0) is 0 Å². The monoisotopic (exact) mass is 336 g/mol. The van der Waals surface area contributed by atoms with Crippen LogP contribution in [0.5, 0.6) is 5.75 Å². The maximum Gasteiger partial charge on any atom is 0.271 e. The van der Waals surface area contributed by atoms with Gasteiger partial charge in [-0.25, -0.2) is 5.43 Å². The van der Waals surface area contributed by atoms with Gasteiger partial charge >= 0.3 is 0 Å². The summed E-state index contributed by atoms with van der Waals surface area (Å²) >= 11 is 0. The Bertz CT molecular complexity index is 779. The van der Waals surface area contributed by atoms with Gasteiger partial charge in [0.2, 0.25) is 0 Å². The Balaban J connectivity index is 2.07. The number of carbonyl (C=O) groups excluding carboxylic acids is 1. The molecule has 2 aromatic rings. The lowest BCUT2D eigenvalue weighted by molar-refractivity contribution is 0.0955. The first-order chi connectivity index (χ1) is 11.9. The van der Waals surface area contributed by atoms with E-state index in [1.807, 2.05) is 0 Å². The average Bonchev–Trinajstić information content (AvgIpc) is 2.61. The number of hydrogen-bond donors (Lipinski definition) is 1. The Morgan fingerprint density at radius 1 is 1.12 bits per heavy atom. The van der Waals surface area contributed by atoms with Gasteiger partial charge in [0.1, 0.15) is 12.4 Å². The minimum absolute atomic E-state index is 0.258. The summed E-state index contributed by atoms with van der Waals surface area (Å²) in [6, 6.07) is 9.07. The normalized spacial score (nSPS) is 10.7. The molecule has 0 saturated heterocycles. The molecular formula is C21H24N2O2. The third-order valence-electron chi connectivity index (χ3n) is 4.27. The van der Waals surface area contributed by atoms with Crippen molar-refractivity contribution in [2.45, 2.75) is 27.7 Å². The highest BCUT2D eigenvalue weighted by molar-refractivity contribution is 5.95. The van der Waals surface area contributed by atoms with E-state index in [2.05, 4.69) is 50.9 Å². The van der Waals surface area contributed by atoms with Gasteiger partial charge < -0.3 is 4.74 Å². The van der Waals surface area contributed by atoms with Gasteiger partial charge in [0.25, 0.3) is 5.91 Å². The lowest BCUT2D eigenvalue weighted by Gasteiger charge is -2.11. The van der Waals surface area contributed by atoms with Gasteiger partial charge in [-0.15, -0.1) is 0 Å². The molecule has 130 valence electrons. The summed E-state index contributed by atoms with van der Waals surface area (Å²) in [4.78, 5) is 12.2. The van der Waals surface area contributed by atoms with Gasteiger partial charge in [0.15, 0.2) is 0 Å². The van der Waals surface area contributed by atoms with Gasteiger partial charge in [-0.05, 0) is 74.2 Å². The predicted molar refractivity (Wildman–Crippen MR) is 103 cm³/mol. The van der Waals surface area contributed by atoms with Crippen molar-refractivity contribution in [3.8, 4) is 5.75 Å². The molecule has 0 aliphatic heterocycles. The molecule has 4 heteroatoms. The number of rotatable bonds is 6. The summed E-state index contributed by atoms with van der Waals surface area (Å²) in [7, 11) is 0. The molecule has 0 bridgehead atoms. The smallest absolute Gasteiger partial charge is 0.271 e. The molecule has 0 aliphatic carbocycles. The molecule has 0 aromatic heterocycles. The molecule has 2 aromatic carbocycles. The zero-order chi connectivity index (χ0) is 18.4. The summed E-state index contributed by atoms with van der Waals surface area (Å²) in [5, 5.41) is 4.12. The highest BCUT2D eigenvalue weighted by atomic mass is 16.5. The molecule has 0 unspecified atom stereocenters. The molecular weight excluding hydrogens is 312 g/mol. The fourth-order valence-electron chi connectivity index (χ4n) is 2.52. The van der Waals surface area contributed by atoms with Gasteiger partial charge in [-0.3, -0.25) is 4.79 Å². The SMILES string of the molecule is C=CCOc1ccc(C(=O)NN=Cc2c(C)c(C)cc(C)c2C)cc1. The topological polar surface area (TPSA) is 50.7 Å². The van der Waals surface area contributed by atoms with E-state index in [1.165, 1.54) is 22.3 Å². The largest absolute Gasteiger partial charge is 0.490 e. The number of benzene rings is 2. The maximum absolute atomic E-state index is 12.2. The van der Waals surface area contributed by atoms with Crippen molar-refractivity contribution in [2.24, 2.45) is 5.10 Å². The molecule has 1 amide bonds. The third kappa shape index (κ3) is 4.57. The first-order valence-electron chi connectivity index (χ1n) is 8.18. The summed E-state index contributed by atoms with van der Waals surface area (Å²) in [5.74, 6) is 0.438. The molecule has 0 aliphatic rings. The van der Waals surface area contributed by atoms with Crippen molar-refractivity contribution in [3.05, 3.63) is 76.4 Å². The quantitative estimate of drug-likeness (QED) is 0.487. The van der Waals surface area contributed by atoms with Crippen LogP contribution >= 0.6 is 0 Å². The number of nitrogens with zero attached hydrogens (tertiary/aromatic N) is 1. The summed E-state index contributed by atoms with van der Waals surface area (Å²) < 4.78 is 5.40. The second-order valence-corrected chi connectivity index (χ2v) is 6.00. The number of amides is 1. The van der Waals surface area contributed by atoms with E-state index in [-0.39, 0.29) is 5.91 Å². The van der Waals surface area contributed by atoms with Crippen molar-refractivity contribution >= 4 is 12.1 Å². The summed E-state index contributed by atoms with van der Waals surface area (Å²) in [6.45, 7) is 12.3. The zero-order valence-electron chi connectivity index (χ0n) is 15.2. The Hall–Kier alpha value is -2.88. The van der Waals surface area contributed by atoms with E-state index in [0.717, 1.165) is 5.56 Å². The first-order valence-corrected chi connectivity index (χ1v) is 8.18. The minimum atomic E-state index is -0.258. The summed E-state index contributed by atoms with van der Waals surface area (Å²) in [5.41, 5.74) is 8.92. The maximum atomic E-state index is 12.2. The van der Waals surface area contributed by atoms with Crippen LogP contribution in [0.25, 0.3) is 0 Å². The van der Waals surface area contributed by atoms with E-state index in [1.54, 1.807) is 36.6 Å². The van der Waals surface area contributed by atoms with E-state index in [9.17, 15) is 4.79 Å². The van der Waals surface area contributed by atoms with Crippen molar-refractivity contribution in [1.29, 1.82) is 0 Å². The Morgan fingerprint density at radius 2 is 1.72 bits per heavy atom. The van der Waals surface area contributed by atoms with Crippen LogP contribution in [0.1, 0.15) is 38.2 Å². The van der Waals surface area contributed by atoms with Crippen molar-refractivity contribution < 1.29 is 9.53 Å². The number of ether oxygens (including phenoxy) is 1. The van der Waals surface area contributed by atoms with Crippen molar-refractivity contribution in [3.63, 3.8) is 0 Å². The highest BCUT2D eigenvalue weighted by Gasteiger charge is 2.07. The molecule has 2 rings (SSSR count). The van der Waals surface area contributed by atoms with E-state index in [0.29, 0.717) is 17.9 Å². The number of aryl methyl sites for hydroxylation is 2. The van der Waals surface area contributed by atoms with Crippen LogP contribution in [0.15, 0.2) is 48.1 Å². The second kappa shape index (κ2) is 8.29. The first kappa shape index (κ1) is 18.5. The van der Waals surface area contributed by atoms with Crippen molar-refractivity contribution in [2.75, 3.05) is 6.61 Å². The van der Waals surface area contributed by atoms with E-state index >= 15 is 0 Å². The zero-order valence-corrected chi connectivity index (χ0v) is 15.2. The number of hydrogen-bond acceptors (Lipinski definition) is 3. The Labute approximate surface area is 149 Å². The lowest BCUT2D eigenvalue weighted by Crippen LogP contribution is -2.17. The summed E-state index contributed by atoms with van der Waals surface area (Å²) in [6.07, 6.45) is 3.39. The Morgan fingerprint density at radius 3 is 2.28 bits per heavy atom. The van der Waals surface area contributed by atoms with Crippen molar-refractivity contribution in [1.82, 2.24) is 5.43 Å². The third-order valence-corrected chi connectivity index (χ3v) is 4.27. The van der Waals surface area contributed by atoms with Gasteiger partial charge in [-0.1, -0.05) is 18.7 Å². The molecule has 25 heavy (non-hydrogen) atoms. The molecule has 1 N–H and O–H groups in total. The minimum Gasteiger partial charge on any atom is -0.490 e. The standard InChI is InChI=1S/C21H24N2O2/c1-6-11-25-19-9-7-18(8-10-19)21(24)23-22-13-20-16(4)14(2)12-15(3)17(20)5/h6-10,12-13H,1,11H2,2-5H3,(H,23,24). The fraction of sp³-hybridized carbons (Fsp3) is 0.238. The number of nitrogens with one attached hydrogen (secondary N) is 1. The lowest BCUT2D eigenvalue weighted by atomic mass is 9.95. The molecule has 0 heterocycles. The van der Waals surface area contributed by atoms with Crippen LogP contribution in [0.4, 0.5) is 0 Å². The predicted octanol–water partition coefficient (Wildman–Crippen LogP) is 4.25. The van der Waals surface area contributed by atoms with Crippen LogP contribution < -0.4 is 10.2 Å². The van der Waals surface area contributed by atoms with E-state index < -0.39 is 0 Å². The molecule has 0 atom stereocenters. The highest BCUT2D eigenvalue weighted by Crippen LogP contribution is 2.19. The molecule has 4 nitrogen and oxygen atoms in total. The molecule has 0 saturated carbocycles. The van der Waals surface area contributed by atoms with Crippen LogP contribution in [0, 0.1) is 27.7 Å². The van der Waals surface area contributed by atoms with Crippen LogP contribution in [0.3, 0.4) is 0 Å². The van der Waals surface area contributed by atoms with Gasteiger partial charge in [0, 0.05) is 11.1 Å². The van der Waals surface area contributed by atoms with Crippen LogP contribution in [0.2, 0.25) is 0 Å². The molecule has 0 spiro atoms.